The molecule has 0 radical (unpaired) electrons. The van der Waals surface area contributed by atoms with Crippen LogP contribution < -0.4 is 5.32 Å². The lowest BCUT2D eigenvalue weighted by Gasteiger charge is -2.23. The van der Waals surface area contributed by atoms with Crippen LogP contribution in [0.15, 0.2) is 0 Å². The first-order valence-electron chi connectivity index (χ1n) is 4.35. The van der Waals surface area contributed by atoms with E-state index in [1.807, 2.05) is 13.8 Å². The Labute approximate surface area is 74.4 Å². The van der Waals surface area contributed by atoms with Crippen LogP contribution in [0.5, 0.6) is 0 Å². The fourth-order valence-electron chi connectivity index (χ4n) is 0.812. The zero-order chi connectivity index (χ0) is 9.45. The third-order valence-electron chi connectivity index (χ3n) is 1.71. The molecule has 0 aromatic rings. The molecule has 70 valence electrons. The van der Waals surface area contributed by atoms with E-state index in [0.717, 1.165) is 19.4 Å². The quantitative estimate of drug-likeness (QED) is 0.586. The molecule has 0 saturated heterocycles. The van der Waals surface area contributed by atoms with Crippen molar-refractivity contribution >= 4 is 0 Å². The lowest BCUT2D eigenvalue weighted by atomic mass is 10.1. The van der Waals surface area contributed by atoms with E-state index in [-0.39, 0.29) is 12.1 Å². The van der Waals surface area contributed by atoms with E-state index in [9.17, 15) is 0 Å². The van der Waals surface area contributed by atoms with E-state index in [4.69, 9.17) is 10.4 Å². The number of hydrogen-bond acceptors (Lipinski definition) is 3. The summed E-state index contributed by atoms with van der Waals surface area (Å²) < 4.78 is 0. The lowest BCUT2D eigenvalue weighted by molar-refractivity contribution is 0.188. The Kier molecular flexibility index (Phi) is 5.69. The summed E-state index contributed by atoms with van der Waals surface area (Å²) in [6.45, 7) is 4.93. The highest BCUT2D eigenvalue weighted by Gasteiger charge is 2.13. The number of hydrogen-bond donors (Lipinski definition) is 2. The molecule has 0 bridgehead atoms. The Balaban J connectivity index is 3.26. The maximum Gasteiger partial charge on any atom is 0.0621 e. The van der Waals surface area contributed by atoms with Crippen molar-refractivity contribution in [3.8, 4) is 6.07 Å². The summed E-state index contributed by atoms with van der Waals surface area (Å²) in [5.74, 6) is 0. The molecule has 0 heterocycles. The Bertz CT molecular complexity index is 149. The average molecular weight is 170 g/mol. The standard InChI is InChI=1S/C9H18N2O/c1-9(2,8-12)11-7-5-3-4-6-10/h11-12H,3-5,7-8H2,1-2H3. The third kappa shape index (κ3) is 6.14. The minimum absolute atomic E-state index is 0.144. The second-order valence-corrected chi connectivity index (χ2v) is 3.58. The zero-order valence-electron chi connectivity index (χ0n) is 7.93. The van der Waals surface area contributed by atoms with Gasteiger partial charge in [-0.25, -0.2) is 0 Å². The number of nitrogens with zero attached hydrogens (tertiary/aromatic N) is 1. The average Bonchev–Trinajstić information content (AvgIpc) is 2.04. The summed E-state index contributed by atoms with van der Waals surface area (Å²) in [6.07, 6.45) is 2.56. The summed E-state index contributed by atoms with van der Waals surface area (Å²) in [7, 11) is 0. The highest BCUT2D eigenvalue weighted by Crippen LogP contribution is 2.00. The number of nitrogens with one attached hydrogen (secondary N) is 1. The number of unbranched alkanes of at least 4 members (excludes halogenated alkanes) is 2. The molecule has 0 saturated carbocycles. The van der Waals surface area contributed by atoms with E-state index < -0.39 is 0 Å². The smallest absolute Gasteiger partial charge is 0.0621 e. The zero-order valence-corrected chi connectivity index (χ0v) is 7.93. The van der Waals surface area contributed by atoms with Crippen LogP contribution in [0, 0.1) is 11.3 Å². The predicted molar refractivity (Wildman–Crippen MR) is 48.6 cm³/mol. The second-order valence-electron chi connectivity index (χ2n) is 3.58. The van der Waals surface area contributed by atoms with Crippen LogP contribution in [-0.2, 0) is 0 Å². The van der Waals surface area contributed by atoms with Gasteiger partial charge in [-0.15, -0.1) is 0 Å². The van der Waals surface area contributed by atoms with Gasteiger partial charge in [-0.1, -0.05) is 0 Å². The molecule has 0 aliphatic rings. The molecule has 2 N–H and O–H groups in total. The van der Waals surface area contributed by atoms with Crippen LogP contribution in [0.2, 0.25) is 0 Å². The molecule has 3 heteroatoms. The molecule has 0 aliphatic carbocycles. The minimum Gasteiger partial charge on any atom is -0.394 e. The number of rotatable bonds is 6. The van der Waals surface area contributed by atoms with Gasteiger partial charge in [0, 0.05) is 12.0 Å². The lowest BCUT2D eigenvalue weighted by Crippen LogP contribution is -2.43. The molecule has 0 spiro atoms. The van der Waals surface area contributed by atoms with Crippen LogP contribution in [0.1, 0.15) is 33.1 Å². The van der Waals surface area contributed by atoms with Crippen molar-refractivity contribution in [1.29, 1.82) is 5.26 Å². The van der Waals surface area contributed by atoms with Crippen molar-refractivity contribution in [3.63, 3.8) is 0 Å². The van der Waals surface area contributed by atoms with Gasteiger partial charge in [-0.05, 0) is 33.2 Å². The maximum atomic E-state index is 8.88. The topological polar surface area (TPSA) is 56.0 Å². The maximum absolute atomic E-state index is 8.88. The van der Waals surface area contributed by atoms with Gasteiger partial charge in [0.15, 0.2) is 0 Å². The minimum atomic E-state index is -0.188. The van der Waals surface area contributed by atoms with Crippen molar-refractivity contribution in [3.05, 3.63) is 0 Å². The van der Waals surface area contributed by atoms with Crippen LogP contribution in [0.25, 0.3) is 0 Å². The first-order valence-corrected chi connectivity index (χ1v) is 4.35. The van der Waals surface area contributed by atoms with Crippen molar-refractivity contribution < 1.29 is 5.11 Å². The monoisotopic (exact) mass is 170 g/mol. The van der Waals surface area contributed by atoms with Gasteiger partial charge >= 0.3 is 0 Å². The highest BCUT2D eigenvalue weighted by molar-refractivity contribution is 4.76. The van der Waals surface area contributed by atoms with Gasteiger partial charge in [0.2, 0.25) is 0 Å². The number of nitriles is 1. The molecule has 0 atom stereocenters. The Hall–Kier alpha value is -0.590. The Morgan fingerprint density at radius 2 is 2.08 bits per heavy atom. The van der Waals surface area contributed by atoms with E-state index >= 15 is 0 Å². The van der Waals surface area contributed by atoms with Gasteiger partial charge in [-0.2, -0.15) is 5.26 Å². The third-order valence-corrected chi connectivity index (χ3v) is 1.71. The van der Waals surface area contributed by atoms with Crippen molar-refractivity contribution in [2.24, 2.45) is 0 Å². The van der Waals surface area contributed by atoms with E-state index in [1.165, 1.54) is 0 Å². The summed E-state index contributed by atoms with van der Waals surface area (Å²) in [5.41, 5.74) is -0.188. The predicted octanol–water partition coefficient (Wildman–Crippen LogP) is 1.04. The first kappa shape index (κ1) is 11.4. The van der Waals surface area contributed by atoms with Crippen molar-refractivity contribution in [2.45, 2.75) is 38.6 Å². The molecule has 0 aromatic heterocycles. The summed E-state index contributed by atoms with van der Waals surface area (Å²) in [5, 5.41) is 20.4. The molecular weight excluding hydrogens is 152 g/mol. The summed E-state index contributed by atoms with van der Waals surface area (Å²) in [6, 6.07) is 2.10. The van der Waals surface area contributed by atoms with Gasteiger partial charge < -0.3 is 10.4 Å². The van der Waals surface area contributed by atoms with E-state index in [0.29, 0.717) is 6.42 Å². The Morgan fingerprint density at radius 1 is 1.42 bits per heavy atom. The van der Waals surface area contributed by atoms with Gasteiger partial charge in [0.25, 0.3) is 0 Å². The summed E-state index contributed by atoms with van der Waals surface area (Å²) >= 11 is 0. The van der Waals surface area contributed by atoms with Crippen LogP contribution in [0.4, 0.5) is 0 Å². The van der Waals surface area contributed by atoms with Crippen molar-refractivity contribution in [2.75, 3.05) is 13.2 Å². The molecule has 3 nitrogen and oxygen atoms in total. The molecular formula is C9H18N2O. The van der Waals surface area contributed by atoms with Gasteiger partial charge in [0.05, 0.1) is 12.7 Å². The normalized spacial score (nSPS) is 11.2. The first-order chi connectivity index (χ1) is 5.62. The molecule has 0 fully saturated rings. The number of aliphatic hydroxyl groups is 1. The van der Waals surface area contributed by atoms with E-state index in [2.05, 4.69) is 11.4 Å². The van der Waals surface area contributed by atoms with Crippen LogP contribution in [0.3, 0.4) is 0 Å². The fourth-order valence-corrected chi connectivity index (χ4v) is 0.812. The van der Waals surface area contributed by atoms with Gasteiger partial charge in [0.1, 0.15) is 0 Å². The van der Waals surface area contributed by atoms with Crippen LogP contribution in [-0.4, -0.2) is 23.8 Å². The fraction of sp³-hybridized carbons (Fsp3) is 0.889. The molecule has 0 amide bonds. The summed E-state index contributed by atoms with van der Waals surface area (Å²) in [4.78, 5) is 0. The largest absolute Gasteiger partial charge is 0.394 e. The highest BCUT2D eigenvalue weighted by atomic mass is 16.3. The molecule has 0 rings (SSSR count). The van der Waals surface area contributed by atoms with E-state index in [1.54, 1.807) is 0 Å². The van der Waals surface area contributed by atoms with Crippen molar-refractivity contribution in [1.82, 2.24) is 5.32 Å². The molecule has 0 aromatic carbocycles. The molecule has 0 aliphatic heterocycles. The number of aliphatic hydroxyl groups excluding tert-OH is 1. The molecule has 12 heavy (non-hydrogen) atoms. The van der Waals surface area contributed by atoms with Gasteiger partial charge in [-0.3, -0.25) is 0 Å². The SMILES string of the molecule is CC(C)(CO)NCCCCC#N. The molecule has 0 unspecified atom stereocenters. The Morgan fingerprint density at radius 3 is 2.58 bits per heavy atom. The van der Waals surface area contributed by atoms with Crippen LogP contribution >= 0.6 is 0 Å². The second kappa shape index (κ2) is 5.99.